The van der Waals surface area contributed by atoms with E-state index in [0.717, 1.165) is 6.54 Å². The van der Waals surface area contributed by atoms with E-state index in [9.17, 15) is 0 Å². The van der Waals surface area contributed by atoms with E-state index < -0.39 is 0 Å². The molecule has 1 heterocycles. The van der Waals surface area contributed by atoms with Gasteiger partial charge in [0.1, 0.15) is 0 Å². The first-order valence-electron chi connectivity index (χ1n) is 4.30. The summed E-state index contributed by atoms with van der Waals surface area (Å²) in [5, 5.41) is 0. The van der Waals surface area contributed by atoms with Gasteiger partial charge >= 0.3 is 0 Å². The Morgan fingerprint density at radius 1 is 1.00 bits per heavy atom. The van der Waals surface area contributed by atoms with Crippen LogP contribution in [0.25, 0.3) is 0 Å². The van der Waals surface area contributed by atoms with Gasteiger partial charge < -0.3 is 4.90 Å². The zero-order chi connectivity index (χ0) is 7.23. The second-order valence-corrected chi connectivity index (χ2v) is 3.01. The summed E-state index contributed by atoms with van der Waals surface area (Å²) in [5.41, 5.74) is 7.07. The first kappa shape index (κ1) is 8.02. The molecule has 10 heavy (non-hydrogen) atoms. The topological polar surface area (TPSA) is 27.0 Å². The largest absolute Gasteiger partial charge is 0.302 e. The van der Waals surface area contributed by atoms with Gasteiger partial charge in [-0.05, 0) is 25.9 Å². The fourth-order valence-electron chi connectivity index (χ4n) is 1.52. The molecule has 1 rings (SSSR count). The molecule has 0 atom stereocenters. The third kappa shape index (κ3) is 2.67. The zero-order valence-electron chi connectivity index (χ0n) is 6.60. The van der Waals surface area contributed by atoms with Crippen LogP contribution in [0.3, 0.4) is 0 Å². The highest BCUT2D eigenvalue weighted by atomic mass is 15.1. The van der Waals surface area contributed by atoms with Crippen molar-refractivity contribution >= 4 is 0 Å². The van der Waals surface area contributed by atoms with Gasteiger partial charge in [-0.2, -0.15) is 0 Å². The average molecular weight is 141 g/mol. The van der Waals surface area contributed by atoms with Gasteiger partial charge in [-0.25, -0.2) is 0 Å². The summed E-state index contributed by atoms with van der Waals surface area (Å²) in [4.78, 5) is 2.42. The lowest BCUT2D eigenvalue weighted by molar-refractivity contribution is 0.292. The first-order chi connectivity index (χ1) is 4.93. The van der Waals surface area contributed by atoms with Gasteiger partial charge in [-0.3, -0.25) is 5.73 Å². The molecule has 0 aromatic rings. The van der Waals surface area contributed by atoms with Crippen molar-refractivity contribution < 1.29 is 0 Å². The summed E-state index contributed by atoms with van der Waals surface area (Å²) < 4.78 is 0. The van der Waals surface area contributed by atoms with Crippen molar-refractivity contribution in [2.24, 2.45) is 0 Å². The van der Waals surface area contributed by atoms with Gasteiger partial charge in [-0.1, -0.05) is 12.8 Å². The summed E-state index contributed by atoms with van der Waals surface area (Å²) in [6.07, 6.45) is 5.49. The molecule has 2 nitrogen and oxygen atoms in total. The van der Waals surface area contributed by atoms with Gasteiger partial charge in [0.2, 0.25) is 0 Å². The Kier molecular flexibility index (Phi) is 3.76. The molecule has 0 aromatic carbocycles. The van der Waals surface area contributed by atoms with Crippen molar-refractivity contribution in [2.75, 3.05) is 26.2 Å². The van der Waals surface area contributed by atoms with Crippen LogP contribution in [-0.4, -0.2) is 31.1 Å². The molecule has 1 saturated heterocycles. The van der Waals surface area contributed by atoms with Crippen LogP contribution in [0.15, 0.2) is 0 Å². The Bertz CT molecular complexity index is 75.3. The first-order valence-corrected chi connectivity index (χ1v) is 4.30. The van der Waals surface area contributed by atoms with E-state index in [0.29, 0.717) is 6.54 Å². The lowest BCUT2D eigenvalue weighted by Gasteiger charge is -2.17. The Morgan fingerprint density at radius 3 is 2.10 bits per heavy atom. The smallest absolute Gasteiger partial charge is 0.0228 e. The second-order valence-electron chi connectivity index (χ2n) is 3.01. The molecule has 1 aliphatic heterocycles. The summed E-state index contributed by atoms with van der Waals surface area (Å²) >= 11 is 0. The molecule has 2 heteroatoms. The highest BCUT2D eigenvalue weighted by Gasteiger charge is 2.06. The van der Waals surface area contributed by atoms with Gasteiger partial charge in [0.05, 0.1) is 0 Å². The molecule has 1 radical (unpaired) electrons. The monoisotopic (exact) mass is 141 g/mol. The van der Waals surface area contributed by atoms with E-state index in [-0.39, 0.29) is 0 Å². The molecule has 0 unspecified atom stereocenters. The summed E-state index contributed by atoms with van der Waals surface area (Å²) in [5.74, 6) is 0. The molecular weight excluding hydrogens is 124 g/mol. The molecule has 0 aliphatic carbocycles. The fourth-order valence-corrected chi connectivity index (χ4v) is 1.52. The van der Waals surface area contributed by atoms with Gasteiger partial charge in [-0.15, -0.1) is 0 Å². The van der Waals surface area contributed by atoms with E-state index in [1.54, 1.807) is 0 Å². The van der Waals surface area contributed by atoms with Crippen LogP contribution in [0.2, 0.25) is 0 Å². The molecule has 0 spiro atoms. The van der Waals surface area contributed by atoms with E-state index in [4.69, 9.17) is 5.73 Å². The van der Waals surface area contributed by atoms with Crippen LogP contribution < -0.4 is 5.73 Å². The van der Waals surface area contributed by atoms with Crippen LogP contribution in [0.1, 0.15) is 25.7 Å². The molecule has 1 N–H and O–H groups in total. The summed E-state index contributed by atoms with van der Waals surface area (Å²) in [7, 11) is 0. The van der Waals surface area contributed by atoms with Crippen LogP contribution in [0, 0.1) is 0 Å². The highest BCUT2D eigenvalue weighted by molar-refractivity contribution is 4.62. The summed E-state index contributed by atoms with van der Waals surface area (Å²) in [6, 6.07) is 0. The van der Waals surface area contributed by atoms with Gasteiger partial charge in [0.15, 0.2) is 0 Å². The van der Waals surface area contributed by atoms with Crippen LogP contribution in [-0.2, 0) is 0 Å². The average Bonchev–Trinajstić information content (AvgIpc) is 2.17. The quantitative estimate of drug-likeness (QED) is 0.566. The molecule has 0 aromatic heterocycles. The molecule has 1 aliphatic rings. The third-order valence-electron chi connectivity index (χ3n) is 2.13. The molecule has 1 fully saturated rings. The minimum atomic E-state index is 0.569. The number of nitrogens with one attached hydrogen (secondary N) is 1. The Labute approximate surface area is 63.4 Å². The minimum Gasteiger partial charge on any atom is -0.302 e. The number of likely N-dealkylation sites (tertiary alicyclic amines) is 1. The molecule has 59 valence electrons. The molecule has 0 amide bonds. The third-order valence-corrected chi connectivity index (χ3v) is 2.13. The van der Waals surface area contributed by atoms with Crippen molar-refractivity contribution in [3.63, 3.8) is 0 Å². The fraction of sp³-hybridized carbons (Fsp3) is 1.00. The van der Waals surface area contributed by atoms with Crippen LogP contribution in [0.5, 0.6) is 0 Å². The Hall–Kier alpha value is -0.0800. The highest BCUT2D eigenvalue weighted by Crippen LogP contribution is 2.08. The number of hydrogen-bond acceptors (Lipinski definition) is 1. The van der Waals surface area contributed by atoms with Crippen molar-refractivity contribution in [2.45, 2.75) is 25.7 Å². The second kappa shape index (κ2) is 4.69. The SMILES string of the molecule is [NH]CCN1CCCCCC1. The number of nitrogens with zero attached hydrogens (tertiary/aromatic N) is 1. The van der Waals surface area contributed by atoms with Crippen molar-refractivity contribution in [3.05, 3.63) is 0 Å². The lowest BCUT2D eigenvalue weighted by Crippen LogP contribution is -2.27. The van der Waals surface area contributed by atoms with Crippen LogP contribution in [0.4, 0.5) is 0 Å². The lowest BCUT2D eigenvalue weighted by atomic mass is 10.2. The number of hydrogen-bond donors (Lipinski definition) is 0. The van der Waals surface area contributed by atoms with Crippen molar-refractivity contribution in [1.29, 1.82) is 0 Å². The Morgan fingerprint density at radius 2 is 1.60 bits per heavy atom. The predicted molar refractivity (Wildman–Crippen MR) is 42.9 cm³/mol. The normalized spacial score (nSPS) is 22.5. The maximum Gasteiger partial charge on any atom is 0.0228 e. The van der Waals surface area contributed by atoms with Crippen LogP contribution >= 0.6 is 0 Å². The number of rotatable bonds is 2. The maximum atomic E-state index is 7.07. The van der Waals surface area contributed by atoms with Crippen molar-refractivity contribution in [1.82, 2.24) is 10.6 Å². The standard InChI is InChI=1S/C8H17N2/c9-5-8-10-6-3-1-2-4-7-10/h9H,1-8H2. The zero-order valence-corrected chi connectivity index (χ0v) is 6.60. The predicted octanol–water partition coefficient (Wildman–Crippen LogP) is 1.15. The summed E-state index contributed by atoms with van der Waals surface area (Å²) in [6.45, 7) is 4.03. The van der Waals surface area contributed by atoms with E-state index in [2.05, 4.69) is 4.90 Å². The molecule has 0 bridgehead atoms. The van der Waals surface area contributed by atoms with E-state index in [1.807, 2.05) is 0 Å². The van der Waals surface area contributed by atoms with E-state index >= 15 is 0 Å². The maximum absolute atomic E-state index is 7.07. The van der Waals surface area contributed by atoms with Crippen molar-refractivity contribution in [3.8, 4) is 0 Å². The van der Waals surface area contributed by atoms with Gasteiger partial charge in [0, 0.05) is 13.1 Å². The minimum absolute atomic E-state index is 0.569. The molecular formula is C8H17N2. The molecule has 0 saturated carbocycles. The van der Waals surface area contributed by atoms with Gasteiger partial charge in [0.25, 0.3) is 0 Å². The Balaban J connectivity index is 2.15. The van der Waals surface area contributed by atoms with E-state index in [1.165, 1.54) is 38.8 Å².